The summed E-state index contributed by atoms with van der Waals surface area (Å²) in [5, 5.41) is 0. The Kier molecular flexibility index (Phi) is 5.38. The average molecular weight is 348 g/mol. The van der Waals surface area contributed by atoms with E-state index in [-0.39, 0.29) is 32.7 Å². The van der Waals surface area contributed by atoms with Gasteiger partial charge in [-0.1, -0.05) is 30.9 Å². The molecule has 0 amide bonds. The summed E-state index contributed by atoms with van der Waals surface area (Å²) in [5.41, 5.74) is 5.57. The van der Waals surface area contributed by atoms with Crippen LogP contribution in [0.2, 0.25) is 0 Å². The maximum atomic E-state index is 4.19. The van der Waals surface area contributed by atoms with Gasteiger partial charge in [-0.05, 0) is 6.07 Å². The number of benzene rings is 1. The first-order valence-electron chi connectivity index (χ1n) is 6.56. The summed E-state index contributed by atoms with van der Waals surface area (Å²) in [5.74, 6) is 0. The molecule has 0 aliphatic rings. The molecule has 0 saturated heterocycles. The summed E-state index contributed by atoms with van der Waals surface area (Å²) in [7, 11) is 2.05. The zero-order valence-electron chi connectivity index (χ0n) is 12.2. The van der Waals surface area contributed by atoms with E-state index in [1.807, 2.05) is 24.4 Å². The predicted molar refractivity (Wildman–Crippen MR) is 78.7 cm³/mol. The SMILES string of the molecule is Cc1cc[c-]c(-c2[c-]ccnc2)c1-c1cccc[n+]1C.[Y]. The first-order chi connectivity index (χ1) is 9.77. The Hall–Kier alpha value is -1.38. The monoisotopic (exact) mass is 348 g/mol. The van der Waals surface area contributed by atoms with Crippen molar-refractivity contribution in [3.63, 3.8) is 0 Å². The van der Waals surface area contributed by atoms with Crippen LogP contribution in [0.25, 0.3) is 22.4 Å². The molecule has 21 heavy (non-hydrogen) atoms. The van der Waals surface area contributed by atoms with Gasteiger partial charge in [-0.15, -0.1) is 17.7 Å². The van der Waals surface area contributed by atoms with E-state index in [0.717, 1.165) is 16.8 Å². The van der Waals surface area contributed by atoms with E-state index in [1.165, 1.54) is 11.1 Å². The average Bonchev–Trinajstić information content (AvgIpc) is 2.49. The van der Waals surface area contributed by atoms with Gasteiger partial charge < -0.3 is 4.98 Å². The number of aryl methyl sites for hydroxylation is 2. The number of hydrogen-bond donors (Lipinski definition) is 0. The topological polar surface area (TPSA) is 16.8 Å². The first-order valence-corrected chi connectivity index (χ1v) is 6.56. The minimum absolute atomic E-state index is 0. The molecule has 1 aromatic carbocycles. The van der Waals surface area contributed by atoms with E-state index < -0.39 is 0 Å². The predicted octanol–water partition coefficient (Wildman–Crippen LogP) is 3.15. The van der Waals surface area contributed by atoms with Gasteiger partial charge in [0.15, 0.2) is 11.9 Å². The molecule has 3 heteroatoms. The maximum Gasteiger partial charge on any atom is 0.168 e. The summed E-state index contributed by atoms with van der Waals surface area (Å²) in [4.78, 5) is 4.19. The molecule has 2 heterocycles. The number of nitrogens with zero attached hydrogens (tertiary/aromatic N) is 2. The fourth-order valence-electron chi connectivity index (χ4n) is 2.39. The Bertz CT molecular complexity index is 739. The quantitative estimate of drug-likeness (QED) is 0.514. The molecule has 0 atom stereocenters. The van der Waals surface area contributed by atoms with E-state index in [9.17, 15) is 0 Å². The molecule has 2 nitrogen and oxygen atoms in total. The molecule has 3 aromatic rings. The fraction of sp³-hybridized carbons (Fsp3) is 0.111. The number of aromatic nitrogens is 2. The zero-order valence-corrected chi connectivity index (χ0v) is 15.0. The molecule has 0 bridgehead atoms. The van der Waals surface area contributed by atoms with Gasteiger partial charge in [0.25, 0.3) is 0 Å². The third-order valence-electron chi connectivity index (χ3n) is 3.39. The normalized spacial score (nSPS) is 10.0. The van der Waals surface area contributed by atoms with Gasteiger partial charge >= 0.3 is 0 Å². The van der Waals surface area contributed by atoms with Gasteiger partial charge in [0, 0.05) is 38.8 Å². The minimum Gasteiger partial charge on any atom is -0.370 e. The van der Waals surface area contributed by atoms with Crippen molar-refractivity contribution in [1.29, 1.82) is 0 Å². The molecule has 0 aliphatic heterocycles. The van der Waals surface area contributed by atoms with Gasteiger partial charge in [-0.2, -0.15) is 18.2 Å². The second-order valence-electron chi connectivity index (χ2n) is 4.76. The summed E-state index contributed by atoms with van der Waals surface area (Å²) in [6.45, 7) is 2.12. The molecule has 1 radical (unpaired) electrons. The Morgan fingerprint density at radius 2 is 1.95 bits per heavy atom. The van der Waals surface area contributed by atoms with Gasteiger partial charge in [0.2, 0.25) is 0 Å². The smallest absolute Gasteiger partial charge is 0.168 e. The van der Waals surface area contributed by atoms with Crippen molar-refractivity contribution in [1.82, 2.24) is 4.98 Å². The van der Waals surface area contributed by atoms with Crippen molar-refractivity contribution in [3.05, 3.63) is 72.7 Å². The van der Waals surface area contributed by atoms with Gasteiger partial charge in [0.05, 0.1) is 0 Å². The van der Waals surface area contributed by atoms with Crippen molar-refractivity contribution in [2.75, 3.05) is 0 Å². The van der Waals surface area contributed by atoms with Crippen molar-refractivity contribution in [2.24, 2.45) is 7.05 Å². The maximum absolute atomic E-state index is 4.19. The zero-order chi connectivity index (χ0) is 13.9. The van der Waals surface area contributed by atoms with Crippen LogP contribution in [0.1, 0.15) is 5.56 Å². The van der Waals surface area contributed by atoms with Crippen LogP contribution in [-0.4, -0.2) is 4.98 Å². The fourth-order valence-corrected chi connectivity index (χ4v) is 2.39. The first kappa shape index (κ1) is 16.0. The van der Waals surface area contributed by atoms with Crippen LogP contribution in [0.15, 0.2) is 55.0 Å². The second-order valence-corrected chi connectivity index (χ2v) is 4.76. The molecule has 0 saturated carbocycles. The Morgan fingerprint density at radius 3 is 2.67 bits per heavy atom. The van der Waals surface area contributed by atoms with Crippen LogP contribution in [0.4, 0.5) is 0 Å². The van der Waals surface area contributed by atoms with E-state index >= 15 is 0 Å². The van der Waals surface area contributed by atoms with Crippen LogP contribution < -0.4 is 4.57 Å². The van der Waals surface area contributed by atoms with Crippen LogP contribution in [0.5, 0.6) is 0 Å². The summed E-state index contributed by atoms with van der Waals surface area (Å²) in [6, 6.07) is 18.7. The third-order valence-corrected chi connectivity index (χ3v) is 3.39. The molecule has 0 aliphatic carbocycles. The van der Waals surface area contributed by atoms with Crippen molar-refractivity contribution >= 4 is 0 Å². The largest absolute Gasteiger partial charge is 0.370 e. The Balaban J connectivity index is 0.00000161. The van der Waals surface area contributed by atoms with Crippen molar-refractivity contribution < 1.29 is 37.3 Å². The summed E-state index contributed by atoms with van der Waals surface area (Å²) in [6.07, 6.45) is 5.62. The van der Waals surface area contributed by atoms with Crippen LogP contribution in [-0.2, 0) is 39.8 Å². The number of hydrogen-bond acceptors (Lipinski definition) is 1. The molecule has 101 valence electrons. The van der Waals surface area contributed by atoms with Crippen LogP contribution in [0, 0.1) is 19.1 Å². The molecule has 0 unspecified atom stereocenters. The number of pyridine rings is 2. The van der Waals surface area contributed by atoms with E-state index in [0.29, 0.717) is 0 Å². The third kappa shape index (κ3) is 3.28. The Labute approximate surface area is 150 Å². The van der Waals surface area contributed by atoms with Crippen LogP contribution in [0.3, 0.4) is 0 Å². The van der Waals surface area contributed by atoms with E-state index in [2.05, 4.69) is 60.1 Å². The molecule has 2 aromatic heterocycles. The van der Waals surface area contributed by atoms with Gasteiger partial charge in [-0.25, -0.2) is 15.7 Å². The summed E-state index contributed by atoms with van der Waals surface area (Å²) < 4.78 is 2.12. The van der Waals surface area contributed by atoms with Crippen LogP contribution >= 0.6 is 0 Å². The molecular formula is C18H15N2Y-. The molecule has 0 fully saturated rings. The molecular weight excluding hydrogens is 333 g/mol. The molecule has 0 N–H and O–H groups in total. The standard InChI is InChI=1S/C18H15N2.Y/c1-14-7-5-9-16(15-8-6-11-19-13-15)18(14)17-10-3-4-12-20(17)2;/h3-7,10-13H,1-2H3;/q-1;. The minimum atomic E-state index is 0. The molecule has 0 spiro atoms. The van der Waals surface area contributed by atoms with Crippen molar-refractivity contribution in [2.45, 2.75) is 6.92 Å². The molecule has 3 rings (SSSR count). The number of rotatable bonds is 2. The second kappa shape index (κ2) is 7.06. The van der Waals surface area contributed by atoms with Crippen molar-refractivity contribution in [3.8, 4) is 22.4 Å². The summed E-state index contributed by atoms with van der Waals surface area (Å²) >= 11 is 0. The van der Waals surface area contributed by atoms with Gasteiger partial charge in [-0.3, -0.25) is 0 Å². The Morgan fingerprint density at radius 1 is 1.10 bits per heavy atom. The van der Waals surface area contributed by atoms with Gasteiger partial charge in [0.1, 0.15) is 7.05 Å². The van der Waals surface area contributed by atoms with E-state index in [4.69, 9.17) is 0 Å². The van der Waals surface area contributed by atoms with E-state index in [1.54, 1.807) is 6.20 Å².